The SMILES string of the molecule is N#CC(=C=[N-])c1ccc(/C=C/c2ccncc2)s1. The Bertz CT molecular complexity index is 656. The Balaban J connectivity index is 2.20. The van der Waals surface area contributed by atoms with Gasteiger partial charge >= 0.3 is 0 Å². The number of rotatable bonds is 3. The number of hydrogen-bond donors (Lipinski definition) is 0. The summed E-state index contributed by atoms with van der Waals surface area (Å²) in [7, 11) is 0. The molecule has 0 spiro atoms. The zero-order valence-electron chi connectivity index (χ0n) is 9.37. The zero-order valence-corrected chi connectivity index (χ0v) is 10.2. The first-order chi connectivity index (χ1) is 8.83. The third-order valence-electron chi connectivity index (χ3n) is 2.24. The summed E-state index contributed by atoms with van der Waals surface area (Å²) in [6, 6.07) is 9.39. The van der Waals surface area contributed by atoms with Gasteiger partial charge in [0.25, 0.3) is 0 Å². The topological polar surface area (TPSA) is 59.0 Å². The monoisotopic (exact) mass is 250 g/mol. The fraction of sp³-hybridized carbons (Fsp3) is 0. The molecular formula is C14H8N3S-. The number of nitriles is 1. The van der Waals surface area contributed by atoms with Gasteiger partial charge in [0.05, 0.1) is 10.5 Å². The number of pyridine rings is 1. The van der Waals surface area contributed by atoms with Crippen molar-refractivity contribution in [3.8, 4) is 6.07 Å². The minimum Gasteiger partial charge on any atom is -0.762 e. The van der Waals surface area contributed by atoms with E-state index in [1.165, 1.54) is 11.3 Å². The number of aromatic nitrogens is 1. The second-order valence-electron chi connectivity index (χ2n) is 3.41. The molecule has 0 amide bonds. The van der Waals surface area contributed by atoms with Crippen LogP contribution in [0.5, 0.6) is 0 Å². The Hall–Kier alpha value is -2.47. The Kier molecular flexibility index (Phi) is 3.83. The average molecular weight is 250 g/mol. The molecule has 0 bridgehead atoms. The molecule has 0 aliphatic carbocycles. The minimum atomic E-state index is 0.156. The van der Waals surface area contributed by atoms with E-state index in [4.69, 9.17) is 10.7 Å². The predicted octanol–water partition coefficient (Wildman–Crippen LogP) is 3.46. The molecule has 0 unspecified atom stereocenters. The quantitative estimate of drug-likeness (QED) is 0.618. The third kappa shape index (κ3) is 2.80. The molecule has 18 heavy (non-hydrogen) atoms. The minimum absolute atomic E-state index is 0.156. The van der Waals surface area contributed by atoms with Gasteiger partial charge in [0.15, 0.2) is 0 Å². The van der Waals surface area contributed by atoms with E-state index in [1.807, 2.05) is 42.3 Å². The zero-order chi connectivity index (χ0) is 12.8. The smallest absolute Gasteiger partial charge is 0.107 e. The van der Waals surface area contributed by atoms with Crippen LogP contribution >= 0.6 is 11.3 Å². The van der Waals surface area contributed by atoms with Crippen molar-refractivity contribution in [3.05, 3.63) is 57.4 Å². The lowest BCUT2D eigenvalue weighted by Crippen LogP contribution is -1.72. The van der Waals surface area contributed by atoms with Gasteiger partial charge in [0.1, 0.15) is 6.07 Å². The van der Waals surface area contributed by atoms with E-state index < -0.39 is 0 Å². The lowest BCUT2D eigenvalue weighted by Gasteiger charge is -1.90. The highest BCUT2D eigenvalue weighted by Crippen LogP contribution is 2.23. The summed E-state index contributed by atoms with van der Waals surface area (Å²) in [5.41, 5.74) is 1.22. The van der Waals surface area contributed by atoms with E-state index in [0.29, 0.717) is 4.88 Å². The lowest BCUT2D eigenvalue weighted by atomic mass is 10.2. The van der Waals surface area contributed by atoms with E-state index >= 15 is 0 Å². The van der Waals surface area contributed by atoms with Gasteiger partial charge in [-0.3, -0.25) is 4.98 Å². The largest absolute Gasteiger partial charge is 0.762 e. The van der Waals surface area contributed by atoms with Crippen molar-refractivity contribution in [1.29, 1.82) is 5.26 Å². The molecule has 0 fully saturated rings. The molecule has 0 aliphatic heterocycles. The molecule has 0 saturated heterocycles. The van der Waals surface area contributed by atoms with Gasteiger partial charge in [-0.2, -0.15) is 5.26 Å². The maximum absolute atomic E-state index is 8.77. The number of allylic oxidation sites excluding steroid dienone is 1. The number of hydrogen-bond acceptors (Lipinski definition) is 3. The van der Waals surface area contributed by atoms with Crippen LogP contribution in [0.2, 0.25) is 0 Å². The summed E-state index contributed by atoms with van der Waals surface area (Å²) in [6.45, 7) is 0. The van der Waals surface area contributed by atoms with Crippen molar-refractivity contribution in [2.75, 3.05) is 0 Å². The van der Waals surface area contributed by atoms with Gasteiger partial charge in [-0.15, -0.1) is 11.3 Å². The summed E-state index contributed by atoms with van der Waals surface area (Å²) in [4.78, 5) is 5.65. The van der Waals surface area contributed by atoms with Crippen molar-refractivity contribution >= 4 is 34.9 Å². The summed E-state index contributed by atoms with van der Waals surface area (Å²) >= 11 is 1.42. The second-order valence-corrected chi connectivity index (χ2v) is 4.53. The third-order valence-corrected chi connectivity index (χ3v) is 3.31. The molecule has 0 saturated carbocycles. The van der Waals surface area contributed by atoms with Crippen molar-refractivity contribution in [1.82, 2.24) is 4.98 Å². The molecule has 0 aromatic carbocycles. The van der Waals surface area contributed by atoms with Crippen LogP contribution in [0.25, 0.3) is 23.1 Å². The van der Waals surface area contributed by atoms with Gasteiger partial charge in [-0.05, 0) is 35.9 Å². The highest BCUT2D eigenvalue weighted by atomic mass is 32.1. The fourth-order valence-electron chi connectivity index (χ4n) is 1.36. The van der Waals surface area contributed by atoms with Gasteiger partial charge < -0.3 is 5.41 Å². The van der Waals surface area contributed by atoms with Crippen molar-refractivity contribution in [2.45, 2.75) is 0 Å². The second kappa shape index (κ2) is 5.74. The Labute approximate surface area is 109 Å². The normalized spacial score (nSPS) is 9.94. The molecule has 3 nitrogen and oxygen atoms in total. The molecule has 86 valence electrons. The first-order valence-corrected chi connectivity index (χ1v) is 6.00. The molecule has 2 rings (SSSR count). The first kappa shape index (κ1) is 12.0. The Morgan fingerprint density at radius 1 is 1.22 bits per heavy atom. The number of thiophene rings is 1. The van der Waals surface area contributed by atoms with Gasteiger partial charge in [0.2, 0.25) is 0 Å². The maximum Gasteiger partial charge on any atom is 0.107 e. The van der Waals surface area contributed by atoms with E-state index in [9.17, 15) is 0 Å². The van der Waals surface area contributed by atoms with Crippen molar-refractivity contribution in [3.63, 3.8) is 0 Å². The summed E-state index contributed by atoms with van der Waals surface area (Å²) in [5.74, 6) is 1.89. The van der Waals surface area contributed by atoms with E-state index in [1.54, 1.807) is 18.5 Å². The van der Waals surface area contributed by atoms with Crippen LogP contribution in [0.4, 0.5) is 0 Å². The molecule has 2 heterocycles. The van der Waals surface area contributed by atoms with E-state index in [0.717, 1.165) is 10.4 Å². The van der Waals surface area contributed by atoms with Gasteiger partial charge in [-0.1, -0.05) is 6.08 Å². The Morgan fingerprint density at radius 3 is 2.67 bits per heavy atom. The molecule has 2 aromatic rings. The molecule has 0 radical (unpaired) electrons. The predicted molar refractivity (Wildman–Crippen MR) is 74.9 cm³/mol. The summed E-state index contributed by atoms with van der Waals surface area (Å²) < 4.78 is 0. The van der Waals surface area contributed by atoms with Crippen LogP contribution in [0.3, 0.4) is 0 Å². The molecule has 0 aliphatic rings. The molecule has 2 aromatic heterocycles. The van der Waals surface area contributed by atoms with E-state index in [2.05, 4.69) is 4.98 Å². The van der Waals surface area contributed by atoms with Crippen LogP contribution in [0.1, 0.15) is 15.3 Å². The lowest BCUT2D eigenvalue weighted by molar-refractivity contribution is 1.32. The van der Waals surface area contributed by atoms with Gasteiger partial charge in [0, 0.05) is 17.3 Å². The summed E-state index contributed by atoms with van der Waals surface area (Å²) in [6.07, 6.45) is 7.39. The molecule has 4 heteroatoms. The van der Waals surface area contributed by atoms with Crippen molar-refractivity contribution in [2.24, 2.45) is 0 Å². The fourth-order valence-corrected chi connectivity index (χ4v) is 2.22. The van der Waals surface area contributed by atoms with Crippen LogP contribution < -0.4 is 0 Å². The maximum atomic E-state index is 8.77. The van der Waals surface area contributed by atoms with Crippen LogP contribution in [-0.2, 0) is 0 Å². The standard InChI is InChI=1S/C14H8N3S/c15-9-12(10-16)14-4-3-13(18-14)2-1-11-5-7-17-8-6-11/h1-8H/q-1/b2-1+. The van der Waals surface area contributed by atoms with Crippen LogP contribution in [0.15, 0.2) is 36.7 Å². The summed E-state index contributed by atoms with van der Waals surface area (Å²) in [5, 5.41) is 17.5. The van der Waals surface area contributed by atoms with Gasteiger partial charge in [-0.25, -0.2) is 5.87 Å². The van der Waals surface area contributed by atoms with Crippen molar-refractivity contribution < 1.29 is 0 Å². The first-order valence-electron chi connectivity index (χ1n) is 5.19. The van der Waals surface area contributed by atoms with Crippen LogP contribution in [0, 0.1) is 11.3 Å². The average Bonchev–Trinajstić information content (AvgIpc) is 2.88. The molecule has 0 N–H and O–H groups in total. The van der Waals surface area contributed by atoms with E-state index in [-0.39, 0.29) is 5.57 Å². The highest BCUT2D eigenvalue weighted by molar-refractivity contribution is 7.14. The number of nitrogens with zero attached hydrogens (tertiary/aromatic N) is 3. The van der Waals surface area contributed by atoms with Crippen LogP contribution in [-0.4, -0.2) is 10.9 Å². The molecule has 0 atom stereocenters. The Morgan fingerprint density at radius 2 is 2.00 bits per heavy atom. The highest BCUT2D eigenvalue weighted by Gasteiger charge is 2.01. The molecular weight excluding hydrogens is 242 g/mol.